The van der Waals surface area contributed by atoms with Gasteiger partial charge in [-0.1, -0.05) is 55.5 Å². The molecule has 3 aromatic carbocycles. The van der Waals surface area contributed by atoms with Gasteiger partial charge in [0.2, 0.25) is 5.82 Å². The maximum absolute atomic E-state index is 15.0. The Morgan fingerprint density at radius 1 is 0.943 bits per heavy atom. The van der Waals surface area contributed by atoms with Crippen molar-refractivity contribution in [2.75, 3.05) is 0 Å². The van der Waals surface area contributed by atoms with E-state index in [0.29, 0.717) is 16.7 Å². The van der Waals surface area contributed by atoms with Crippen molar-refractivity contribution in [1.82, 2.24) is 0 Å². The predicted octanol–water partition coefficient (Wildman–Crippen LogP) is 8.30. The monoisotopic (exact) mass is 478 g/mol. The van der Waals surface area contributed by atoms with E-state index in [4.69, 9.17) is 4.74 Å². The van der Waals surface area contributed by atoms with Gasteiger partial charge in [-0.05, 0) is 79.0 Å². The van der Waals surface area contributed by atoms with Gasteiger partial charge >= 0.3 is 0 Å². The van der Waals surface area contributed by atoms with Gasteiger partial charge in [0.1, 0.15) is 5.82 Å². The van der Waals surface area contributed by atoms with Gasteiger partial charge in [0.05, 0.1) is 12.4 Å². The fourth-order valence-corrected chi connectivity index (χ4v) is 4.57. The van der Waals surface area contributed by atoms with Crippen LogP contribution in [-0.2, 0) is 0 Å². The maximum Gasteiger partial charge on any atom is 0.201 e. The Labute approximate surface area is 204 Å². The van der Waals surface area contributed by atoms with E-state index in [1.165, 1.54) is 24.5 Å². The van der Waals surface area contributed by atoms with Crippen LogP contribution in [0, 0.1) is 23.4 Å². The fraction of sp³-hybridized carbons (Fsp3) is 0.267. The Morgan fingerprint density at radius 3 is 2.26 bits per heavy atom. The topological polar surface area (TPSA) is 29.5 Å². The first-order valence-corrected chi connectivity index (χ1v) is 12.0. The summed E-state index contributed by atoms with van der Waals surface area (Å²) in [5, 5.41) is 10.1. The van der Waals surface area contributed by atoms with Crippen LogP contribution >= 0.6 is 0 Å². The molecule has 0 aliphatic heterocycles. The standard InChI is InChI=1S/C30H29F3O2/c1-3-17-35-28-16-15-25(29(32)30(28)33)21-7-5-19(6-8-21)23-13-14-24(26(31)18-23)20-9-11-22(12-10-20)27(34)4-2/h3,5-9,13-18,22,27,34H,4,10-12H2,1-2H3/b17-3-. The van der Waals surface area contributed by atoms with Gasteiger partial charge in [-0.15, -0.1) is 0 Å². The summed E-state index contributed by atoms with van der Waals surface area (Å²) >= 11 is 0. The van der Waals surface area contributed by atoms with Gasteiger partial charge in [-0.2, -0.15) is 4.39 Å². The Balaban J connectivity index is 1.53. The van der Waals surface area contributed by atoms with Crippen LogP contribution in [0.15, 0.2) is 73.0 Å². The van der Waals surface area contributed by atoms with Crippen molar-refractivity contribution in [2.24, 2.45) is 5.92 Å². The Morgan fingerprint density at radius 2 is 1.63 bits per heavy atom. The number of ether oxygens (including phenoxy) is 1. The van der Waals surface area contributed by atoms with Crippen LogP contribution in [0.3, 0.4) is 0 Å². The van der Waals surface area contributed by atoms with E-state index in [9.17, 15) is 13.9 Å². The molecular weight excluding hydrogens is 449 g/mol. The number of aliphatic hydroxyl groups is 1. The largest absolute Gasteiger partial charge is 0.462 e. The van der Waals surface area contributed by atoms with E-state index in [-0.39, 0.29) is 29.2 Å². The molecule has 0 heterocycles. The summed E-state index contributed by atoms with van der Waals surface area (Å²) in [5.74, 6) is -2.27. The summed E-state index contributed by atoms with van der Waals surface area (Å²) in [7, 11) is 0. The molecule has 1 aliphatic carbocycles. The lowest BCUT2D eigenvalue weighted by molar-refractivity contribution is 0.0989. The summed E-state index contributed by atoms with van der Waals surface area (Å²) in [6.07, 6.45) is 7.69. The summed E-state index contributed by atoms with van der Waals surface area (Å²) in [5.41, 5.74) is 3.68. The molecule has 182 valence electrons. The number of hydrogen-bond acceptors (Lipinski definition) is 2. The smallest absolute Gasteiger partial charge is 0.201 e. The molecule has 2 atom stereocenters. The van der Waals surface area contributed by atoms with Gasteiger partial charge < -0.3 is 9.84 Å². The van der Waals surface area contributed by atoms with Crippen molar-refractivity contribution in [3.63, 3.8) is 0 Å². The minimum atomic E-state index is -1.05. The molecule has 2 nitrogen and oxygen atoms in total. The molecule has 0 saturated heterocycles. The number of benzene rings is 3. The highest BCUT2D eigenvalue weighted by atomic mass is 19.2. The molecule has 1 N–H and O–H groups in total. The van der Waals surface area contributed by atoms with Gasteiger partial charge in [0.25, 0.3) is 0 Å². The molecule has 4 rings (SSSR count). The molecule has 0 aromatic heterocycles. The van der Waals surface area contributed by atoms with Crippen LogP contribution in [0.4, 0.5) is 13.2 Å². The second-order valence-electron chi connectivity index (χ2n) is 8.84. The second kappa shape index (κ2) is 11.0. The van der Waals surface area contributed by atoms with Gasteiger partial charge in [-0.3, -0.25) is 0 Å². The maximum atomic E-state index is 15.0. The third kappa shape index (κ3) is 5.35. The van der Waals surface area contributed by atoms with E-state index in [1.807, 2.05) is 19.1 Å². The predicted molar refractivity (Wildman–Crippen MR) is 134 cm³/mol. The Bertz CT molecular complexity index is 1250. The lowest BCUT2D eigenvalue weighted by Gasteiger charge is -2.26. The zero-order chi connectivity index (χ0) is 24.9. The van der Waals surface area contributed by atoms with Crippen molar-refractivity contribution in [2.45, 2.75) is 45.6 Å². The van der Waals surface area contributed by atoms with E-state index >= 15 is 4.39 Å². The number of halogens is 3. The van der Waals surface area contributed by atoms with Crippen molar-refractivity contribution in [3.8, 4) is 28.0 Å². The summed E-state index contributed by atoms with van der Waals surface area (Å²) in [6.45, 7) is 3.69. The number of rotatable bonds is 7. The minimum absolute atomic E-state index is 0.124. The number of aliphatic hydroxyl groups excluding tert-OH is 1. The lowest BCUT2D eigenvalue weighted by Crippen LogP contribution is -2.21. The zero-order valence-corrected chi connectivity index (χ0v) is 19.9. The molecule has 3 aromatic rings. The first-order valence-electron chi connectivity index (χ1n) is 12.0. The van der Waals surface area contributed by atoms with Crippen molar-refractivity contribution in [3.05, 3.63) is 96.0 Å². The van der Waals surface area contributed by atoms with E-state index < -0.39 is 11.6 Å². The molecule has 0 radical (unpaired) electrons. The van der Waals surface area contributed by atoms with Crippen LogP contribution < -0.4 is 4.74 Å². The van der Waals surface area contributed by atoms with E-state index in [1.54, 1.807) is 43.3 Å². The highest BCUT2D eigenvalue weighted by Gasteiger charge is 2.22. The summed E-state index contributed by atoms with van der Waals surface area (Å²) in [4.78, 5) is 0. The zero-order valence-electron chi connectivity index (χ0n) is 19.9. The molecule has 5 heteroatoms. The lowest BCUT2D eigenvalue weighted by atomic mass is 9.82. The molecule has 1 aliphatic rings. The fourth-order valence-electron chi connectivity index (χ4n) is 4.57. The second-order valence-corrected chi connectivity index (χ2v) is 8.84. The first kappa shape index (κ1) is 24.8. The van der Waals surface area contributed by atoms with Crippen LogP contribution in [0.5, 0.6) is 5.75 Å². The molecule has 2 unspecified atom stereocenters. The molecule has 0 saturated carbocycles. The highest BCUT2D eigenvalue weighted by Crippen LogP contribution is 2.36. The van der Waals surface area contributed by atoms with Gasteiger partial charge in [-0.25, -0.2) is 8.78 Å². The molecule has 0 amide bonds. The SMILES string of the molecule is C/C=C\Oc1ccc(-c2ccc(-c3ccc(C4=CCC(C(O)CC)CC4)c(F)c3)cc2)c(F)c1F. The van der Waals surface area contributed by atoms with Gasteiger partial charge in [0, 0.05) is 11.1 Å². The van der Waals surface area contributed by atoms with Crippen molar-refractivity contribution in [1.29, 1.82) is 0 Å². The minimum Gasteiger partial charge on any atom is -0.462 e. The van der Waals surface area contributed by atoms with Crippen LogP contribution in [0.2, 0.25) is 0 Å². The normalized spacial score (nSPS) is 16.9. The average Bonchev–Trinajstić information content (AvgIpc) is 2.89. The van der Waals surface area contributed by atoms with E-state index in [0.717, 1.165) is 36.8 Å². The molecule has 0 bridgehead atoms. The Hall–Kier alpha value is -3.31. The molecule has 35 heavy (non-hydrogen) atoms. The molecule has 0 fully saturated rings. The molecule has 0 spiro atoms. The third-order valence-electron chi connectivity index (χ3n) is 6.64. The van der Waals surface area contributed by atoms with E-state index in [2.05, 4.69) is 0 Å². The molecular formula is C30H29F3O2. The quantitative estimate of drug-likeness (QED) is 0.346. The van der Waals surface area contributed by atoms with Crippen LogP contribution in [0.1, 0.15) is 45.1 Å². The first-order chi connectivity index (χ1) is 16.9. The van der Waals surface area contributed by atoms with Crippen LogP contribution in [-0.4, -0.2) is 11.2 Å². The Kier molecular flexibility index (Phi) is 7.76. The average molecular weight is 479 g/mol. The summed E-state index contributed by atoms with van der Waals surface area (Å²) < 4.78 is 49.0. The van der Waals surface area contributed by atoms with Crippen molar-refractivity contribution < 1.29 is 23.0 Å². The van der Waals surface area contributed by atoms with Gasteiger partial charge in [0.15, 0.2) is 11.6 Å². The third-order valence-corrected chi connectivity index (χ3v) is 6.64. The van der Waals surface area contributed by atoms with Crippen molar-refractivity contribution >= 4 is 5.57 Å². The highest BCUT2D eigenvalue weighted by molar-refractivity contribution is 5.74. The number of allylic oxidation sites excluding steroid dienone is 3. The summed E-state index contributed by atoms with van der Waals surface area (Å²) in [6, 6.07) is 14.9. The number of hydrogen-bond donors (Lipinski definition) is 1. The van der Waals surface area contributed by atoms with Crippen LogP contribution in [0.25, 0.3) is 27.8 Å².